The molecular formula is C10H14O5. The number of carboxylic acids is 1. The minimum Gasteiger partial charge on any atom is -0.481 e. The Bertz CT molecular complexity index is 249. The highest BCUT2D eigenvalue weighted by Gasteiger charge is 2.12. The fourth-order valence-corrected chi connectivity index (χ4v) is 0.757. The van der Waals surface area contributed by atoms with E-state index in [0.717, 1.165) is 6.92 Å². The van der Waals surface area contributed by atoms with E-state index in [1.54, 1.807) is 12.2 Å². The molecule has 1 heterocycles. The maximum Gasteiger partial charge on any atom is 0.300 e. The second kappa shape index (κ2) is 8.00. The van der Waals surface area contributed by atoms with Crippen LogP contribution >= 0.6 is 0 Å². The van der Waals surface area contributed by atoms with Gasteiger partial charge in [-0.25, -0.2) is 0 Å². The molecule has 2 N–H and O–H groups in total. The van der Waals surface area contributed by atoms with Gasteiger partial charge in [0.25, 0.3) is 5.97 Å². The molecule has 1 aliphatic rings. The first-order valence-electron chi connectivity index (χ1n) is 4.29. The zero-order valence-electron chi connectivity index (χ0n) is 8.42. The van der Waals surface area contributed by atoms with Crippen molar-refractivity contribution < 1.29 is 24.5 Å². The van der Waals surface area contributed by atoms with Crippen LogP contribution in [0.15, 0.2) is 12.2 Å². The lowest BCUT2D eigenvalue weighted by Gasteiger charge is -2.19. The van der Waals surface area contributed by atoms with Gasteiger partial charge in [0.05, 0.1) is 12.7 Å². The van der Waals surface area contributed by atoms with Crippen molar-refractivity contribution in [3.8, 4) is 12.3 Å². The Morgan fingerprint density at radius 1 is 1.73 bits per heavy atom. The maximum atomic E-state index is 9.00. The van der Waals surface area contributed by atoms with E-state index in [2.05, 4.69) is 5.92 Å². The second-order valence-electron chi connectivity index (χ2n) is 2.69. The normalized spacial score (nSPS) is 23.5. The predicted molar refractivity (Wildman–Crippen MR) is 53.0 cm³/mol. The van der Waals surface area contributed by atoms with Gasteiger partial charge in [-0.05, 0) is 6.08 Å². The Morgan fingerprint density at radius 3 is 2.73 bits per heavy atom. The van der Waals surface area contributed by atoms with E-state index in [1.165, 1.54) is 0 Å². The molecule has 1 aliphatic heterocycles. The van der Waals surface area contributed by atoms with E-state index in [0.29, 0.717) is 0 Å². The summed E-state index contributed by atoms with van der Waals surface area (Å²) in [5.41, 5.74) is 0. The lowest BCUT2D eigenvalue weighted by molar-refractivity contribution is -0.134. The number of ether oxygens (including phenoxy) is 2. The van der Waals surface area contributed by atoms with E-state index in [9.17, 15) is 0 Å². The SMILES string of the molecule is C#CCO[C@@H]1C=C[C@@H](O)CO1.CC(=O)O. The summed E-state index contributed by atoms with van der Waals surface area (Å²) in [4.78, 5) is 9.00. The van der Waals surface area contributed by atoms with Crippen LogP contribution in [0.3, 0.4) is 0 Å². The molecule has 0 aliphatic carbocycles. The number of aliphatic hydroxyl groups excluding tert-OH is 1. The van der Waals surface area contributed by atoms with Gasteiger partial charge in [0, 0.05) is 6.92 Å². The highest BCUT2D eigenvalue weighted by molar-refractivity contribution is 5.62. The highest BCUT2D eigenvalue weighted by atomic mass is 16.7. The fraction of sp³-hybridized carbons (Fsp3) is 0.500. The summed E-state index contributed by atoms with van der Waals surface area (Å²) in [6.45, 7) is 1.58. The molecule has 0 amide bonds. The molecule has 15 heavy (non-hydrogen) atoms. The Morgan fingerprint density at radius 2 is 2.33 bits per heavy atom. The van der Waals surface area contributed by atoms with Gasteiger partial charge in [-0.1, -0.05) is 12.0 Å². The average Bonchev–Trinajstić information content (AvgIpc) is 2.16. The van der Waals surface area contributed by atoms with E-state index >= 15 is 0 Å². The summed E-state index contributed by atoms with van der Waals surface area (Å²) < 4.78 is 10.1. The first kappa shape index (κ1) is 13.7. The van der Waals surface area contributed by atoms with Crippen LogP contribution in [-0.4, -0.2) is 41.8 Å². The molecular weight excluding hydrogens is 200 g/mol. The Labute approximate surface area is 88.3 Å². The molecule has 2 atom stereocenters. The Hall–Kier alpha value is -1.35. The third-order valence-corrected chi connectivity index (χ3v) is 1.25. The molecule has 0 radical (unpaired) electrons. The third kappa shape index (κ3) is 8.97. The zero-order chi connectivity index (χ0) is 11.7. The van der Waals surface area contributed by atoms with Crippen molar-refractivity contribution >= 4 is 5.97 Å². The van der Waals surface area contributed by atoms with Crippen molar-refractivity contribution in [2.45, 2.75) is 19.3 Å². The summed E-state index contributed by atoms with van der Waals surface area (Å²) in [5.74, 6) is 1.49. The molecule has 0 saturated heterocycles. The third-order valence-electron chi connectivity index (χ3n) is 1.25. The zero-order valence-corrected chi connectivity index (χ0v) is 8.42. The summed E-state index contributed by atoms with van der Waals surface area (Å²) in [6, 6.07) is 0. The second-order valence-corrected chi connectivity index (χ2v) is 2.69. The number of carboxylic acid groups (broad SMARTS) is 1. The molecule has 0 fully saturated rings. The summed E-state index contributed by atoms with van der Waals surface area (Å²) in [5, 5.41) is 16.4. The van der Waals surface area contributed by atoms with Crippen molar-refractivity contribution in [1.82, 2.24) is 0 Å². The molecule has 5 heteroatoms. The molecule has 1 rings (SSSR count). The van der Waals surface area contributed by atoms with E-state index < -0.39 is 18.4 Å². The van der Waals surface area contributed by atoms with Gasteiger partial charge in [0.2, 0.25) is 0 Å². The predicted octanol–water partition coefficient (Wildman–Crippen LogP) is 0.000500. The van der Waals surface area contributed by atoms with E-state index in [4.69, 9.17) is 30.9 Å². The van der Waals surface area contributed by atoms with Gasteiger partial charge in [0.15, 0.2) is 6.29 Å². The monoisotopic (exact) mass is 214 g/mol. The lowest BCUT2D eigenvalue weighted by Crippen LogP contribution is -2.26. The molecule has 0 aromatic heterocycles. The van der Waals surface area contributed by atoms with Gasteiger partial charge in [-0.15, -0.1) is 6.42 Å². The van der Waals surface area contributed by atoms with Crippen molar-refractivity contribution in [3.05, 3.63) is 12.2 Å². The van der Waals surface area contributed by atoms with Crippen LogP contribution < -0.4 is 0 Å². The van der Waals surface area contributed by atoms with Crippen LogP contribution in [-0.2, 0) is 14.3 Å². The molecule has 0 unspecified atom stereocenters. The number of rotatable bonds is 2. The number of hydrogen-bond donors (Lipinski definition) is 2. The first-order valence-corrected chi connectivity index (χ1v) is 4.29. The van der Waals surface area contributed by atoms with Crippen molar-refractivity contribution in [3.63, 3.8) is 0 Å². The van der Waals surface area contributed by atoms with E-state index in [1.807, 2.05) is 0 Å². The van der Waals surface area contributed by atoms with Crippen LogP contribution in [0.5, 0.6) is 0 Å². The Kier molecular flexibility index (Phi) is 7.28. The smallest absolute Gasteiger partial charge is 0.300 e. The lowest BCUT2D eigenvalue weighted by atomic mass is 10.3. The largest absolute Gasteiger partial charge is 0.481 e. The van der Waals surface area contributed by atoms with Gasteiger partial charge in [-0.3, -0.25) is 4.79 Å². The average molecular weight is 214 g/mol. The number of aliphatic carboxylic acids is 1. The molecule has 0 aromatic rings. The summed E-state index contributed by atoms with van der Waals surface area (Å²) in [7, 11) is 0. The van der Waals surface area contributed by atoms with Crippen LogP contribution in [0, 0.1) is 12.3 Å². The van der Waals surface area contributed by atoms with Crippen molar-refractivity contribution in [1.29, 1.82) is 0 Å². The van der Waals surface area contributed by atoms with Gasteiger partial charge in [-0.2, -0.15) is 0 Å². The molecule has 5 nitrogen and oxygen atoms in total. The standard InChI is InChI=1S/C8H10O3.C2H4O2/c1-2-5-10-8-4-3-7(9)6-11-8;1-2(3)4/h1,3-4,7-9H,5-6H2;1H3,(H,3,4)/t7-,8+;/m1./s1. The summed E-state index contributed by atoms with van der Waals surface area (Å²) in [6.07, 6.45) is 7.34. The Balaban J connectivity index is 0.000000423. The molecule has 84 valence electrons. The van der Waals surface area contributed by atoms with Crippen molar-refractivity contribution in [2.75, 3.05) is 13.2 Å². The molecule has 0 saturated carbocycles. The van der Waals surface area contributed by atoms with E-state index in [-0.39, 0.29) is 13.2 Å². The number of hydrogen-bond acceptors (Lipinski definition) is 4. The number of carbonyl (C=O) groups is 1. The fourth-order valence-electron chi connectivity index (χ4n) is 0.757. The van der Waals surface area contributed by atoms with Crippen LogP contribution in [0.4, 0.5) is 0 Å². The minimum absolute atomic E-state index is 0.227. The van der Waals surface area contributed by atoms with Gasteiger partial charge < -0.3 is 19.7 Å². The summed E-state index contributed by atoms with van der Waals surface area (Å²) >= 11 is 0. The maximum absolute atomic E-state index is 9.00. The highest BCUT2D eigenvalue weighted by Crippen LogP contribution is 2.05. The minimum atomic E-state index is -0.833. The van der Waals surface area contributed by atoms with Gasteiger partial charge in [0.1, 0.15) is 6.61 Å². The van der Waals surface area contributed by atoms with Crippen LogP contribution in [0.1, 0.15) is 6.92 Å². The van der Waals surface area contributed by atoms with Crippen molar-refractivity contribution in [2.24, 2.45) is 0 Å². The first-order chi connectivity index (χ1) is 7.06. The van der Waals surface area contributed by atoms with Gasteiger partial charge >= 0.3 is 0 Å². The van der Waals surface area contributed by atoms with Crippen LogP contribution in [0.25, 0.3) is 0 Å². The molecule has 0 bridgehead atoms. The quantitative estimate of drug-likeness (QED) is 0.500. The van der Waals surface area contributed by atoms with Crippen LogP contribution in [0.2, 0.25) is 0 Å². The topological polar surface area (TPSA) is 76.0 Å². The number of aliphatic hydroxyl groups is 1. The molecule has 0 spiro atoms. The molecule has 0 aromatic carbocycles. The number of terminal acetylenes is 1.